The molecule has 0 spiro atoms. The van der Waals surface area contributed by atoms with Crippen LogP contribution in [0.15, 0.2) is 12.1 Å². The van der Waals surface area contributed by atoms with Crippen LogP contribution in [0.25, 0.3) is 0 Å². The van der Waals surface area contributed by atoms with E-state index in [2.05, 4.69) is 0 Å². The molecule has 0 radical (unpaired) electrons. The van der Waals surface area contributed by atoms with Gasteiger partial charge in [-0.25, -0.2) is 4.39 Å². The smallest absolute Gasteiger partial charge is 0.164 e. The highest BCUT2D eigenvalue weighted by atomic mass is 127. The third-order valence-corrected chi connectivity index (χ3v) is 2.44. The summed E-state index contributed by atoms with van der Waals surface area (Å²) in [5.41, 5.74) is 0.435. The van der Waals surface area contributed by atoms with Gasteiger partial charge in [-0.3, -0.25) is 4.79 Å². The number of carbonyl (C=O) groups is 1. The molecule has 0 saturated heterocycles. The minimum Gasteiger partial charge on any atom is -0.496 e. The second-order valence-corrected chi connectivity index (χ2v) is 3.68. The molecule has 1 rings (SSSR count). The number of halogens is 2. The van der Waals surface area contributed by atoms with E-state index in [1.54, 1.807) is 0 Å². The van der Waals surface area contributed by atoms with Gasteiger partial charge in [0, 0.05) is 9.64 Å². The van der Waals surface area contributed by atoms with Crippen LogP contribution in [0.4, 0.5) is 4.39 Å². The summed E-state index contributed by atoms with van der Waals surface area (Å²) in [4.78, 5) is 11.1. The summed E-state index contributed by atoms with van der Waals surface area (Å²) in [6, 6.07) is 2.51. The number of hydrogen-bond acceptors (Lipinski definition) is 2. The predicted molar refractivity (Wildman–Crippen MR) is 55.7 cm³/mol. The molecule has 70 valence electrons. The van der Waals surface area contributed by atoms with Crippen LogP contribution in [0.1, 0.15) is 17.3 Å². The molecule has 0 N–H and O–H groups in total. The SMILES string of the molecule is COc1cc(F)cc(I)c1C(C)=O. The molecule has 1 aromatic carbocycles. The molecule has 0 bridgehead atoms. The molecule has 4 heteroatoms. The zero-order chi connectivity index (χ0) is 10.0. The first kappa shape index (κ1) is 10.4. The summed E-state index contributed by atoms with van der Waals surface area (Å²) in [7, 11) is 1.41. The number of benzene rings is 1. The quantitative estimate of drug-likeness (QED) is 0.619. The minimum absolute atomic E-state index is 0.124. The Labute approximate surface area is 89.2 Å². The van der Waals surface area contributed by atoms with Gasteiger partial charge in [-0.05, 0) is 35.6 Å². The molecule has 0 saturated carbocycles. The van der Waals surface area contributed by atoms with E-state index in [9.17, 15) is 9.18 Å². The molecule has 0 aliphatic heterocycles. The highest BCUT2D eigenvalue weighted by Crippen LogP contribution is 2.25. The summed E-state index contributed by atoms with van der Waals surface area (Å²) in [6.07, 6.45) is 0. The number of ether oxygens (including phenoxy) is 1. The average Bonchev–Trinajstić information content (AvgIpc) is 2.01. The molecular weight excluding hydrogens is 286 g/mol. The minimum atomic E-state index is -0.397. The van der Waals surface area contributed by atoms with Crippen LogP contribution in [0.5, 0.6) is 5.75 Å². The maximum atomic E-state index is 12.9. The van der Waals surface area contributed by atoms with Crippen LogP contribution in [-0.2, 0) is 0 Å². The fraction of sp³-hybridized carbons (Fsp3) is 0.222. The van der Waals surface area contributed by atoms with E-state index in [4.69, 9.17) is 4.74 Å². The van der Waals surface area contributed by atoms with Crippen molar-refractivity contribution in [2.24, 2.45) is 0 Å². The van der Waals surface area contributed by atoms with Crippen molar-refractivity contribution in [3.05, 3.63) is 27.1 Å². The molecule has 0 heterocycles. The van der Waals surface area contributed by atoms with Crippen LogP contribution in [0.3, 0.4) is 0 Å². The Morgan fingerprint density at radius 1 is 1.54 bits per heavy atom. The zero-order valence-electron chi connectivity index (χ0n) is 7.23. The van der Waals surface area contributed by atoms with Gasteiger partial charge in [-0.15, -0.1) is 0 Å². The summed E-state index contributed by atoms with van der Waals surface area (Å²) in [5.74, 6) is -0.232. The summed E-state index contributed by atoms with van der Waals surface area (Å²) >= 11 is 1.91. The third kappa shape index (κ3) is 2.18. The van der Waals surface area contributed by atoms with Crippen LogP contribution < -0.4 is 4.74 Å². The second-order valence-electron chi connectivity index (χ2n) is 2.52. The van der Waals surface area contributed by atoms with E-state index in [-0.39, 0.29) is 11.5 Å². The fourth-order valence-corrected chi connectivity index (χ4v) is 2.00. The summed E-state index contributed by atoms with van der Waals surface area (Å²) in [6.45, 7) is 1.43. The molecule has 0 unspecified atom stereocenters. The molecule has 2 nitrogen and oxygen atoms in total. The van der Waals surface area contributed by atoms with Crippen molar-refractivity contribution >= 4 is 28.4 Å². The van der Waals surface area contributed by atoms with E-state index in [0.717, 1.165) is 0 Å². The lowest BCUT2D eigenvalue weighted by Crippen LogP contribution is -2.01. The zero-order valence-corrected chi connectivity index (χ0v) is 9.38. The number of Topliss-reactive ketones (excluding diaryl/α,β-unsaturated/α-hetero) is 1. The van der Waals surface area contributed by atoms with Gasteiger partial charge in [-0.1, -0.05) is 0 Å². The molecule has 13 heavy (non-hydrogen) atoms. The van der Waals surface area contributed by atoms with E-state index < -0.39 is 5.82 Å². The van der Waals surface area contributed by atoms with Gasteiger partial charge < -0.3 is 4.74 Å². The van der Waals surface area contributed by atoms with Gasteiger partial charge in [0.15, 0.2) is 5.78 Å². The van der Waals surface area contributed by atoms with Crippen molar-refractivity contribution in [2.45, 2.75) is 6.92 Å². The Kier molecular flexibility index (Phi) is 3.24. The van der Waals surface area contributed by atoms with Gasteiger partial charge in [0.2, 0.25) is 0 Å². The normalized spacial score (nSPS) is 9.85. The monoisotopic (exact) mass is 294 g/mol. The Balaban J connectivity index is 3.38. The van der Waals surface area contributed by atoms with Crippen molar-refractivity contribution in [3.63, 3.8) is 0 Å². The Bertz CT molecular complexity index is 350. The second kappa shape index (κ2) is 4.04. The highest BCUT2D eigenvalue weighted by molar-refractivity contribution is 14.1. The average molecular weight is 294 g/mol. The maximum absolute atomic E-state index is 12.9. The number of hydrogen-bond donors (Lipinski definition) is 0. The highest BCUT2D eigenvalue weighted by Gasteiger charge is 2.13. The lowest BCUT2D eigenvalue weighted by atomic mass is 10.1. The molecule has 0 aromatic heterocycles. The molecule has 1 aromatic rings. The van der Waals surface area contributed by atoms with E-state index in [1.165, 1.54) is 26.2 Å². The lowest BCUT2D eigenvalue weighted by molar-refractivity contribution is 0.101. The largest absolute Gasteiger partial charge is 0.496 e. The number of rotatable bonds is 2. The topological polar surface area (TPSA) is 26.3 Å². The van der Waals surface area contributed by atoms with Crippen LogP contribution >= 0.6 is 22.6 Å². The third-order valence-electron chi connectivity index (χ3n) is 1.59. The predicted octanol–water partition coefficient (Wildman–Crippen LogP) is 2.64. The first-order chi connectivity index (χ1) is 6.06. The molecule has 0 amide bonds. The van der Waals surface area contributed by atoms with Gasteiger partial charge in [0.05, 0.1) is 12.7 Å². The van der Waals surface area contributed by atoms with E-state index in [1.807, 2.05) is 22.6 Å². The molecule has 0 aliphatic carbocycles. The Morgan fingerprint density at radius 3 is 2.62 bits per heavy atom. The van der Waals surface area contributed by atoms with E-state index >= 15 is 0 Å². The van der Waals surface area contributed by atoms with Crippen LogP contribution in [0.2, 0.25) is 0 Å². The number of carbonyl (C=O) groups excluding carboxylic acids is 1. The van der Waals surface area contributed by atoms with Crippen molar-refractivity contribution in [2.75, 3.05) is 7.11 Å². The first-order valence-corrected chi connectivity index (χ1v) is 4.68. The Morgan fingerprint density at radius 2 is 2.15 bits per heavy atom. The summed E-state index contributed by atoms with van der Waals surface area (Å²) < 4.78 is 18.3. The van der Waals surface area contributed by atoms with Crippen molar-refractivity contribution in [3.8, 4) is 5.75 Å². The number of ketones is 1. The van der Waals surface area contributed by atoms with Crippen LogP contribution in [0, 0.1) is 9.39 Å². The van der Waals surface area contributed by atoms with Gasteiger partial charge >= 0.3 is 0 Å². The van der Waals surface area contributed by atoms with E-state index in [0.29, 0.717) is 9.13 Å². The van der Waals surface area contributed by atoms with Crippen LogP contribution in [-0.4, -0.2) is 12.9 Å². The number of methoxy groups -OCH3 is 1. The van der Waals surface area contributed by atoms with Crippen molar-refractivity contribution < 1.29 is 13.9 Å². The van der Waals surface area contributed by atoms with Gasteiger partial charge in [0.1, 0.15) is 11.6 Å². The standard InChI is InChI=1S/C9H8FIO2/c1-5(12)9-7(11)3-6(10)4-8(9)13-2/h3-4H,1-2H3. The van der Waals surface area contributed by atoms with Crippen molar-refractivity contribution in [1.29, 1.82) is 0 Å². The molecule has 0 aliphatic rings. The summed E-state index contributed by atoms with van der Waals surface area (Å²) in [5, 5.41) is 0. The maximum Gasteiger partial charge on any atom is 0.164 e. The van der Waals surface area contributed by atoms with Gasteiger partial charge in [-0.2, -0.15) is 0 Å². The first-order valence-electron chi connectivity index (χ1n) is 3.60. The molecule has 0 atom stereocenters. The molecule has 0 fully saturated rings. The van der Waals surface area contributed by atoms with Crippen molar-refractivity contribution in [1.82, 2.24) is 0 Å². The van der Waals surface area contributed by atoms with Gasteiger partial charge in [0.25, 0.3) is 0 Å². The lowest BCUT2D eigenvalue weighted by Gasteiger charge is -2.07. The molecular formula is C9H8FIO2. The Hall–Kier alpha value is -0.650. The fourth-order valence-electron chi connectivity index (χ4n) is 1.05.